The number of ether oxygens (including phenoxy) is 1. The summed E-state index contributed by atoms with van der Waals surface area (Å²) in [6.45, 7) is 10.5. The first-order valence-corrected chi connectivity index (χ1v) is 13.2. The number of fused-ring (bicyclic) bond motifs is 1. The zero-order valence-corrected chi connectivity index (χ0v) is 22.4. The molecule has 1 amide bonds. The van der Waals surface area contributed by atoms with E-state index in [0.717, 1.165) is 54.4 Å². The van der Waals surface area contributed by atoms with Crippen molar-refractivity contribution in [2.24, 2.45) is 0 Å². The van der Waals surface area contributed by atoms with Gasteiger partial charge in [0.2, 0.25) is 0 Å². The van der Waals surface area contributed by atoms with Crippen LogP contribution in [0.2, 0.25) is 0 Å². The molecule has 3 atom stereocenters. The number of aromatic nitrogens is 2. The first-order chi connectivity index (χ1) is 18.5. The molecule has 1 aliphatic rings. The number of methoxy groups -OCH3 is 1. The van der Waals surface area contributed by atoms with Crippen molar-refractivity contribution >= 4 is 22.4 Å². The Hall–Kier alpha value is -3.96. The molecule has 2 N–H and O–H groups in total. The quantitative estimate of drug-likeness (QED) is 0.372. The summed E-state index contributed by atoms with van der Waals surface area (Å²) >= 11 is 0. The number of anilines is 1. The number of benzene rings is 2. The second-order valence-corrected chi connectivity index (χ2v) is 9.66. The molecule has 1 saturated carbocycles. The third-order valence-electron chi connectivity index (χ3n) is 7.57. The molecular weight excluding hydrogens is 476 g/mol. The van der Waals surface area contributed by atoms with Gasteiger partial charge in [-0.2, -0.15) is 5.26 Å². The largest absolute Gasteiger partial charge is 0.495 e. The average molecular weight is 513 g/mol. The summed E-state index contributed by atoms with van der Waals surface area (Å²) in [6, 6.07) is 14.6. The topological polar surface area (TPSA) is 103 Å². The maximum Gasteiger partial charge on any atom is 0.270 e. The van der Waals surface area contributed by atoms with Crippen molar-refractivity contribution < 1.29 is 9.53 Å². The van der Waals surface area contributed by atoms with Gasteiger partial charge in [0.1, 0.15) is 17.8 Å². The van der Waals surface area contributed by atoms with E-state index in [1.165, 1.54) is 6.33 Å². The number of nitrogens with zero attached hydrogens (tertiary/aromatic N) is 4. The molecule has 1 aliphatic carbocycles. The van der Waals surface area contributed by atoms with Crippen molar-refractivity contribution in [3.8, 4) is 11.8 Å². The van der Waals surface area contributed by atoms with Crippen LogP contribution in [0.5, 0.6) is 5.75 Å². The van der Waals surface area contributed by atoms with Crippen molar-refractivity contribution in [1.82, 2.24) is 20.2 Å². The van der Waals surface area contributed by atoms with E-state index in [1.54, 1.807) is 19.4 Å². The minimum Gasteiger partial charge on any atom is -0.495 e. The van der Waals surface area contributed by atoms with E-state index in [-0.39, 0.29) is 17.9 Å². The van der Waals surface area contributed by atoms with E-state index in [1.807, 2.05) is 12.1 Å². The summed E-state index contributed by atoms with van der Waals surface area (Å²) in [5, 5.41) is 17.9. The maximum absolute atomic E-state index is 13.1. The molecule has 2 aromatic carbocycles. The molecule has 0 unspecified atom stereocenters. The Morgan fingerprint density at radius 2 is 2.00 bits per heavy atom. The lowest BCUT2D eigenvalue weighted by molar-refractivity contribution is 0.0883. The fourth-order valence-corrected chi connectivity index (χ4v) is 5.56. The molecule has 0 aliphatic heterocycles. The summed E-state index contributed by atoms with van der Waals surface area (Å²) in [6.07, 6.45) is 5.84. The molecule has 4 rings (SSSR count). The maximum atomic E-state index is 13.1. The van der Waals surface area contributed by atoms with Crippen LogP contribution in [-0.4, -0.2) is 59.6 Å². The number of rotatable bonds is 10. The van der Waals surface area contributed by atoms with Crippen LogP contribution in [0, 0.1) is 11.3 Å². The van der Waals surface area contributed by atoms with Gasteiger partial charge in [0.25, 0.3) is 5.91 Å². The van der Waals surface area contributed by atoms with Gasteiger partial charge in [0.05, 0.1) is 18.9 Å². The molecule has 0 spiro atoms. The van der Waals surface area contributed by atoms with Gasteiger partial charge in [-0.05, 0) is 61.5 Å². The average Bonchev–Trinajstić information content (AvgIpc) is 2.96. The summed E-state index contributed by atoms with van der Waals surface area (Å²) in [7, 11) is 1.64. The van der Waals surface area contributed by atoms with Gasteiger partial charge in [-0.3, -0.25) is 4.79 Å². The number of nitriles is 1. The molecule has 8 heteroatoms. The highest BCUT2D eigenvalue weighted by molar-refractivity contribution is 5.97. The fraction of sp³-hybridized carbons (Fsp3) is 0.400. The zero-order chi connectivity index (χ0) is 27.1. The van der Waals surface area contributed by atoms with Crippen LogP contribution in [0.25, 0.3) is 10.8 Å². The molecule has 1 fully saturated rings. The van der Waals surface area contributed by atoms with E-state index in [0.29, 0.717) is 29.6 Å². The molecule has 1 aromatic heterocycles. The van der Waals surface area contributed by atoms with Crippen LogP contribution >= 0.6 is 0 Å². The molecule has 0 saturated heterocycles. The van der Waals surface area contributed by atoms with Gasteiger partial charge < -0.3 is 20.3 Å². The predicted octanol–water partition coefficient (Wildman–Crippen LogP) is 4.91. The van der Waals surface area contributed by atoms with Gasteiger partial charge in [0, 0.05) is 41.7 Å². The van der Waals surface area contributed by atoms with Crippen LogP contribution in [0.1, 0.15) is 55.1 Å². The lowest BCUT2D eigenvalue weighted by Crippen LogP contribution is -2.48. The number of hydrogen-bond acceptors (Lipinski definition) is 7. The smallest absolute Gasteiger partial charge is 0.270 e. The third-order valence-corrected chi connectivity index (χ3v) is 7.57. The molecule has 0 radical (unpaired) electrons. The van der Waals surface area contributed by atoms with E-state index in [2.05, 4.69) is 70.2 Å². The van der Waals surface area contributed by atoms with Crippen molar-refractivity contribution in [2.45, 2.75) is 51.1 Å². The van der Waals surface area contributed by atoms with Gasteiger partial charge in [-0.1, -0.05) is 38.6 Å². The number of nitrogens with one attached hydrogen (secondary N) is 2. The molecule has 3 aromatic rings. The fourth-order valence-electron chi connectivity index (χ4n) is 5.56. The van der Waals surface area contributed by atoms with Gasteiger partial charge in [-0.15, -0.1) is 0 Å². The summed E-state index contributed by atoms with van der Waals surface area (Å²) in [5.74, 6) is 0.653. The Morgan fingerprint density at radius 1 is 1.21 bits per heavy atom. The number of hydrogen-bond donors (Lipinski definition) is 2. The van der Waals surface area contributed by atoms with Crippen molar-refractivity contribution in [3.63, 3.8) is 0 Å². The first kappa shape index (κ1) is 27.1. The Balaban J connectivity index is 1.72. The number of carbonyl (C=O) groups excluding carboxylic acids is 1. The highest BCUT2D eigenvalue weighted by atomic mass is 16.5. The van der Waals surface area contributed by atoms with Crippen LogP contribution < -0.4 is 15.4 Å². The SMILES string of the molecule is C=C(C#N)CNc1c(OC)ccc2ccc([C@@H]3C[C@@H](N(CC)CC)CC[C@@H]3NC(=O)c3ccncn3)cc12. The predicted molar refractivity (Wildman–Crippen MR) is 150 cm³/mol. The van der Waals surface area contributed by atoms with E-state index in [4.69, 9.17) is 4.74 Å². The van der Waals surface area contributed by atoms with Gasteiger partial charge in [-0.25, -0.2) is 9.97 Å². The van der Waals surface area contributed by atoms with Crippen LogP contribution in [0.3, 0.4) is 0 Å². The van der Waals surface area contributed by atoms with E-state index in [9.17, 15) is 10.1 Å². The Kier molecular flexibility index (Phi) is 8.93. The highest BCUT2D eigenvalue weighted by Gasteiger charge is 2.35. The second-order valence-electron chi connectivity index (χ2n) is 9.66. The van der Waals surface area contributed by atoms with Crippen molar-refractivity contribution in [1.29, 1.82) is 5.26 Å². The summed E-state index contributed by atoms with van der Waals surface area (Å²) < 4.78 is 5.65. The Labute approximate surface area is 224 Å². The third kappa shape index (κ3) is 5.95. The van der Waals surface area contributed by atoms with E-state index >= 15 is 0 Å². The molecular formula is C30H36N6O2. The lowest BCUT2D eigenvalue weighted by atomic mass is 9.76. The Morgan fingerprint density at radius 3 is 2.68 bits per heavy atom. The van der Waals surface area contributed by atoms with Crippen LogP contribution in [0.15, 0.2) is 61.1 Å². The highest BCUT2D eigenvalue weighted by Crippen LogP contribution is 2.40. The molecule has 0 bridgehead atoms. The molecule has 198 valence electrons. The first-order valence-electron chi connectivity index (χ1n) is 13.2. The second kappa shape index (κ2) is 12.5. The standard InChI is InChI=1S/C30H36N6O2/c1-5-36(6-2)23-10-11-26(35-30(37)27-13-14-32-19-34-27)24(16-23)22-8-7-21-9-12-28(38-4)29(25(21)15-22)33-18-20(3)17-31/h7-9,12-15,19,23-24,26,33H,3,5-6,10-11,16,18H2,1-2,4H3,(H,35,37)/t23-,24-,26-/m0/s1. The summed E-state index contributed by atoms with van der Waals surface area (Å²) in [4.78, 5) is 23.7. The van der Waals surface area contributed by atoms with Gasteiger partial charge >= 0.3 is 0 Å². The van der Waals surface area contributed by atoms with Crippen LogP contribution in [-0.2, 0) is 0 Å². The minimum atomic E-state index is -0.177. The van der Waals surface area contributed by atoms with Crippen molar-refractivity contribution in [2.75, 3.05) is 32.1 Å². The van der Waals surface area contributed by atoms with E-state index < -0.39 is 0 Å². The van der Waals surface area contributed by atoms with Crippen molar-refractivity contribution in [3.05, 3.63) is 72.3 Å². The number of carbonyl (C=O) groups is 1. The zero-order valence-electron chi connectivity index (χ0n) is 22.4. The van der Waals surface area contributed by atoms with Crippen LogP contribution in [0.4, 0.5) is 5.69 Å². The lowest BCUT2D eigenvalue weighted by Gasteiger charge is -2.41. The minimum absolute atomic E-state index is 0.0258. The molecule has 1 heterocycles. The summed E-state index contributed by atoms with van der Waals surface area (Å²) in [5.41, 5.74) is 2.82. The Bertz CT molecular complexity index is 1320. The molecule has 38 heavy (non-hydrogen) atoms. The normalized spacial score (nSPS) is 19.1. The number of amides is 1. The molecule has 8 nitrogen and oxygen atoms in total. The monoisotopic (exact) mass is 512 g/mol. The van der Waals surface area contributed by atoms with Gasteiger partial charge in [0.15, 0.2) is 0 Å².